The predicted octanol–water partition coefficient (Wildman–Crippen LogP) is 5.59. The van der Waals surface area contributed by atoms with Gasteiger partial charge in [-0.2, -0.15) is 0 Å². The summed E-state index contributed by atoms with van der Waals surface area (Å²) >= 11 is 0. The number of rotatable bonds is 9. The lowest BCUT2D eigenvalue weighted by Crippen LogP contribution is -2.19. The van der Waals surface area contributed by atoms with Crippen LogP contribution in [0.1, 0.15) is 37.3 Å². The Morgan fingerprint density at radius 3 is 1.26 bits per heavy atom. The van der Waals surface area contributed by atoms with E-state index in [9.17, 15) is 4.79 Å². The minimum atomic E-state index is 0.0252. The molecule has 0 bridgehead atoms. The van der Waals surface area contributed by atoms with Crippen LogP contribution in [-0.4, -0.2) is 48.4 Å². The summed E-state index contributed by atoms with van der Waals surface area (Å²) in [5, 5.41) is 0. The fourth-order valence-corrected chi connectivity index (χ4v) is 4.40. The third-order valence-corrected chi connectivity index (χ3v) is 6.23. The van der Waals surface area contributed by atoms with E-state index in [2.05, 4.69) is 6.92 Å². The number of ketones is 1. The van der Waals surface area contributed by atoms with Crippen LogP contribution in [0.5, 0.6) is 34.5 Å². The summed E-state index contributed by atoms with van der Waals surface area (Å²) in [7, 11) is 9.43. The highest BCUT2D eigenvalue weighted by Crippen LogP contribution is 2.42. The molecule has 1 aliphatic carbocycles. The summed E-state index contributed by atoms with van der Waals surface area (Å²) in [6.07, 6.45) is 6.21. The number of methoxy groups -OCH3 is 6. The van der Waals surface area contributed by atoms with Gasteiger partial charge >= 0.3 is 0 Å². The van der Waals surface area contributed by atoms with Crippen molar-refractivity contribution in [1.29, 1.82) is 0 Å². The Hall–Kier alpha value is -3.61. The molecule has 0 saturated heterocycles. The summed E-state index contributed by atoms with van der Waals surface area (Å²) in [6, 6.07) is 7.39. The third-order valence-electron chi connectivity index (χ3n) is 6.23. The predicted molar refractivity (Wildman–Crippen MR) is 136 cm³/mol. The molecular weight excluding hydrogens is 448 g/mol. The van der Waals surface area contributed by atoms with Crippen LogP contribution in [-0.2, 0) is 4.79 Å². The lowest BCUT2D eigenvalue weighted by atomic mass is 9.78. The van der Waals surface area contributed by atoms with Crippen LogP contribution in [0.25, 0.3) is 12.2 Å². The molecule has 1 atom stereocenters. The molecule has 2 aromatic rings. The molecule has 7 nitrogen and oxygen atoms in total. The van der Waals surface area contributed by atoms with Gasteiger partial charge in [0.15, 0.2) is 28.8 Å². The molecule has 0 spiro atoms. The van der Waals surface area contributed by atoms with E-state index in [4.69, 9.17) is 28.4 Å². The summed E-state index contributed by atoms with van der Waals surface area (Å²) < 4.78 is 32.7. The molecular formula is C28H34O7. The number of carbonyl (C=O) groups is 1. The molecule has 0 aromatic heterocycles. The van der Waals surface area contributed by atoms with Gasteiger partial charge in [-0.15, -0.1) is 0 Å². The highest BCUT2D eigenvalue weighted by Gasteiger charge is 2.27. The molecule has 0 aliphatic heterocycles. The summed E-state index contributed by atoms with van der Waals surface area (Å²) in [4.78, 5) is 13.5. The van der Waals surface area contributed by atoms with E-state index < -0.39 is 0 Å². The zero-order valence-electron chi connectivity index (χ0n) is 21.5. The van der Waals surface area contributed by atoms with Gasteiger partial charge in [0.2, 0.25) is 11.5 Å². The molecule has 1 fully saturated rings. The van der Waals surface area contributed by atoms with Crippen molar-refractivity contribution < 1.29 is 33.2 Å². The minimum Gasteiger partial charge on any atom is -0.493 e. The molecule has 3 rings (SSSR count). The second-order valence-corrected chi connectivity index (χ2v) is 8.27. The summed E-state index contributed by atoms with van der Waals surface area (Å²) in [5.41, 5.74) is 3.12. The largest absolute Gasteiger partial charge is 0.493 e. The van der Waals surface area contributed by atoms with Gasteiger partial charge in [-0.05, 0) is 66.3 Å². The molecule has 0 radical (unpaired) electrons. The van der Waals surface area contributed by atoms with Crippen LogP contribution < -0.4 is 28.4 Å². The second-order valence-electron chi connectivity index (χ2n) is 8.27. The van der Waals surface area contributed by atoms with E-state index in [1.807, 2.05) is 36.4 Å². The second kappa shape index (κ2) is 11.7. The SMILES string of the molecule is CCC1C/C(=C/c2cc(OC)c(OC)c(OC)c2)C(=O)/C(=C/c2cc(OC)c(OC)c(OC)c2)C1. The van der Waals surface area contributed by atoms with Gasteiger partial charge in [0.05, 0.1) is 42.7 Å². The van der Waals surface area contributed by atoms with E-state index in [0.717, 1.165) is 28.7 Å². The number of allylic oxidation sites excluding steroid dienone is 2. The van der Waals surface area contributed by atoms with Crippen molar-refractivity contribution in [3.63, 3.8) is 0 Å². The monoisotopic (exact) mass is 482 g/mol. The maximum absolute atomic E-state index is 13.5. The molecule has 1 saturated carbocycles. The average molecular weight is 483 g/mol. The number of Topliss-reactive ketones (excluding diaryl/α,β-unsaturated/α-hetero) is 1. The number of hydrogen-bond donors (Lipinski definition) is 0. The summed E-state index contributed by atoms with van der Waals surface area (Å²) in [6.45, 7) is 2.15. The number of carbonyl (C=O) groups excluding carboxylic acids is 1. The van der Waals surface area contributed by atoms with Gasteiger partial charge in [-0.3, -0.25) is 4.79 Å². The lowest BCUT2D eigenvalue weighted by molar-refractivity contribution is -0.113. The Bertz CT molecular complexity index is 995. The van der Waals surface area contributed by atoms with Crippen LogP contribution in [0, 0.1) is 5.92 Å². The standard InChI is InChI=1S/C28H34O7/c1-8-17-9-20(11-18-13-22(30-2)27(34-6)23(14-18)31-3)26(29)21(10-17)12-19-15-24(32-4)28(35-7)25(16-19)33-5/h11-17H,8-10H2,1-7H3/b20-11-,21-12+. The van der Waals surface area contributed by atoms with Crippen molar-refractivity contribution in [2.24, 2.45) is 5.92 Å². The van der Waals surface area contributed by atoms with Gasteiger partial charge in [0, 0.05) is 11.1 Å². The van der Waals surface area contributed by atoms with E-state index >= 15 is 0 Å². The molecule has 1 aliphatic rings. The Labute approximate surface area is 207 Å². The van der Waals surface area contributed by atoms with Crippen LogP contribution in [0.3, 0.4) is 0 Å². The highest BCUT2D eigenvalue weighted by atomic mass is 16.5. The number of hydrogen-bond acceptors (Lipinski definition) is 7. The average Bonchev–Trinajstić information content (AvgIpc) is 2.89. The fourth-order valence-electron chi connectivity index (χ4n) is 4.40. The van der Waals surface area contributed by atoms with Crippen molar-refractivity contribution in [3.05, 3.63) is 46.5 Å². The first kappa shape index (κ1) is 26.0. The highest BCUT2D eigenvalue weighted by molar-refractivity contribution is 6.14. The van der Waals surface area contributed by atoms with Gasteiger partial charge < -0.3 is 28.4 Å². The van der Waals surface area contributed by atoms with Crippen LogP contribution in [0.2, 0.25) is 0 Å². The zero-order valence-corrected chi connectivity index (χ0v) is 21.5. The Morgan fingerprint density at radius 1 is 0.657 bits per heavy atom. The Morgan fingerprint density at radius 2 is 1.00 bits per heavy atom. The van der Waals surface area contributed by atoms with E-state index in [-0.39, 0.29) is 5.78 Å². The van der Waals surface area contributed by atoms with Crippen molar-refractivity contribution in [2.45, 2.75) is 26.2 Å². The van der Waals surface area contributed by atoms with E-state index in [1.54, 1.807) is 42.7 Å². The summed E-state index contributed by atoms with van der Waals surface area (Å²) in [5.74, 6) is 3.59. The fraction of sp³-hybridized carbons (Fsp3) is 0.393. The van der Waals surface area contributed by atoms with Crippen LogP contribution >= 0.6 is 0 Å². The molecule has 35 heavy (non-hydrogen) atoms. The Kier molecular flexibility index (Phi) is 8.68. The van der Waals surface area contributed by atoms with Gasteiger partial charge in [-0.1, -0.05) is 13.3 Å². The van der Waals surface area contributed by atoms with Crippen molar-refractivity contribution in [2.75, 3.05) is 42.7 Å². The van der Waals surface area contributed by atoms with Crippen molar-refractivity contribution in [1.82, 2.24) is 0 Å². The first-order valence-electron chi connectivity index (χ1n) is 11.5. The third kappa shape index (κ3) is 5.56. The maximum Gasteiger partial charge on any atom is 0.203 e. The van der Waals surface area contributed by atoms with Crippen LogP contribution in [0.15, 0.2) is 35.4 Å². The maximum atomic E-state index is 13.5. The minimum absolute atomic E-state index is 0.0252. The number of ether oxygens (including phenoxy) is 6. The van der Waals surface area contributed by atoms with Gasteiger partial charge in [-0.25, -0.2) is 0 Å². The molecule has 0 heterocycles. The molecule has 1 unspecified atom stereocenters. The zero-order chi connectivity index (χ0) is 25.5. The first-order valence-corrected chi connectivity index (χ1v) is 11.5. The van der Waals surface area contributed by atoms with Gasteiger partial charge in [0.1, 0.15) is 0 Å². The smallest absolute Gasteiger partial charge is 0.203 e. The molecule has 2 aromatic carbocycles. The quantitative estimate of drug-likeness (QED) is 0.431. The molecule has 0 amide bonds. The van der Waals surface area contributed by atoms with Crippen LogP contribution in [0.4, 0.5) is 0 Å². The molecule has 188 valence electrons. The topological polar surface area (TPSA) is 72.5 Å². The molecule has 7 heteroatoms. The van der Waals surface area contributed by atoms with E-state index in [1.165, 1.54) is 0 Å². The first-order chi connectivity index (χ1) is 16.9. The molecule has 0 N–H and O–H groups in total. The normalized spacial score (nSPS) is 17.9. The van der Waals surface area contributed by atoms with Gasteiger partial charge in [0.25, 0.3) is 0 Å². The van der Waals surface area contributed by atoms with E-state index in [0.29, 0.717) is 53.3 Å². The van der Waals surface area contributed by atoms with Crippen molar-refractivity contribution in [3.8, 4) is 34.5 Å². The Balaban J connectivity index is 2.06. The van der Waals surface area contributed by atoms with Crippen molar-refractivity contribution >= 4 is 17.9 Å². The lowest BCUT2D eigenvalue weighted by Gasteiger charge is -2.25. The number of benzene rings is 2.